The van der Waals surface area contributed by atoms with E-state index in [9.17, 15) is 19.1 Å². The van der Waals surface area contributed by atoms with Gasteiger partial charge < -0.3 is 14.8 Å². The van der Waals surface area contributed by atoms with Gasteiger partial charge in [0.25, 0.3) is 0 Å². The molecule has 0 N–H and O–H groups in total. The number of halogens is 1. The van der Waals surface area contributed by atoms with Gasteiger partial charge in [0.05, 0.1) is 18.7 Å². The van der Waals surface area contributed by atoms with Crippen molar-refractivity contribution in [2.24, 2.45) is 0 Å². The summed E-state index contributed by atoms with van der Waals surface area (Å²) in [6.45, 7) is 1.39. The second-order valence-electron chi connectivity index (χ2n) is 3.87. The van der Waals surface area contributed by atoms with Crippen molar-refractivity contribution >= 4 is 11.9 Å². The molecule has 0 aromatic carbocycles. The van der Waals surface area contributed by atoms with Crippen molar-refractivity contribution in [3.8, 4) is 0 Å². The fourth-order valence-electron chi connectivity index (χ4n) is 1.32. The van der Waals surface area contributed by atoms with Gasteiger partial charge in [-0.1, -0.05) is 13.3 Å². The van der Waals surface area contributed by atoms with Crippen LogP contribution in [0.2, 0.25) is 0 Å². The third kappa shape index (κ3) is 10.7. The summed E-state index contributed by atoms with van der Waals surface area (Å²) in [7, 11) is 1.42. The van der Waals surface area contributed by atoms with Crippen molar-refractivity contribution in [2.45, 2.75) is 45.2 Å². The average molecular weight is 255 g/mol. The smallest absolute Gasteiger partial charge is 0.548 e. The molecule has 0 radical (unpaired) electrons. The third-order valence-corrected chi connectivity index (χ3v) is 2.39. The first-order valence-corrected chi connectivity index (χ1v) is 5.55. The monoisotopic (exact) mass is 255 g/mol. The second kappa shape index (κ2) is 11.0. The zero-order valence-corrected chi connectivity index (χ0v) is 12.9. The molecule has 0 spiro atoms. The molecule has 1 amide bonds. The maximum atomic E-state index is 12.8. The van der Waals surface area contributed by atoms with E-state index in [1.165, 1.54) is 7.05 Å². The molecule has 0 saturated heterocycles. The Hall–Kier alpha value is -0.130. The molecule has 0 bridgehead atoms. The molecule has 0 aliphatic rings. The molecule has 0 fully saturated rings. The van der Waals surface area contributed by atoms with Crippen LogP contribution in [0, 0.1) is 0 Å². The Balaban J connectivity index is 0. The van der Waals surface area contributed by atoms with E-state index in [2.05, 4.69) is 0 Å². The molecule has 4 nitrogen and oxygen atoms in total. The quantitative estimate of drug-likeness (QED) is 0.356. The van der Waals surface area contributed by atoms with Crippen molar-refractivity contribution in [1.29, 1.82) is 0 Å². The number of carboxylic acid groups (broad SMARTS) is 1. The van der Waals surface area contributed by atoms with E-state index in [-0.39, 0.29) is 48.4 Å². The van der Waals surface area contributed by atoms with Gasteiger partial charge >= 0.3 is 29.6 Å². The minimum atomic E-state index is -1.27. The van der Waals surface area contributed by atoms with Gasteiger partial charge in [-0.2, -0.15) is 0 Å². The number of carbonyl (C=O) groups excluding carboxylic acids is 2. The zero-order chi connectivity index (χ0) is 12.6. The first kappa shape index (κ1) is 19.2. The first-order valence-electron chi connectivity index (χ1n) is 5.55. The van der Waals surface area contributed by atoms with Crippen molar-refractivity contribution in [3.63, 3.8) is 0 Å². The van der Waals surface area contributed by atoms with Crippen LogP contribution < -0.4 is 34.7 Å². The fourth-order valence-corrected chi connectivity index (χ4v) is 1.32. The summed E-state index contributed by atoms with van der Waals surface area (Å²) in [6, 6.07) is 0. The van der Waals surface area contributed by atoms with Crippen LogP contribution in [0.15, 0.2) is 0 Å². The molecule has 1 unspecified atom stereocenters. The number of carboxylic acids is 1. The van der Waals surface area contributed by atoms with Crippen LogP contribution >= 0.6 is 0 Å². The van der Waals surface area contributed by atoms with Gasteiger partial charge in [0.2, 0.25) is 5.91 Å². The molecule has 1 atom stereocenters. The van der Waals surface area contributed by atoms with Gasteiger partial charge in [-0.15, -0.1) is 0 Å². The Bertz CT molecular complexity index is 239. The Morgan fingerprint density at radius 1 is 1.35 bits per heavy atom. The standard InChI is InChI=1S/C11H20FNO3.Na/c1-3-9(12)6-4-5-7-10(14)13(2)8-11(15)16;/h9H,3-8H2,1-2H3,(H,15,16);/q;+1/p-1. The minimum Gasteiger partial charge on any atom is -0.548 e. The van der Waals surface area contributed by atoms with E-state index < -0.39 is 12.1 Å². The van der Waals surface area contributed by atoms with Crippen molar-refractivity contribution in [1.82, 2.24) is 4.90 Å². The molecule has 17 heavy (non-hydrogen) atoms. The topological polar surface area (TPSA) is 60.4 Å². The van der Waals surface area contributed by atoms with Crippen LogP contribution in [0.25, 0.3) is 0 Å². The largest absolute Gasteiger partial charge is 1.00 e. The number of nitrogens with zero attached hydrogens (tertiary/aromatic N) is 1. The molecule has 0 saturated carbocycles. The minimum absolute atomic E-state index is 0. The molecule has 0 aromatic rings. The van der Waals surface area contributed by atoms with Crippen LogP contribution in [0.3, 0.4) is 0 Å². The summed E-state index contributed by atoms with van der Waals surface area (Å²) in [5.41, 5.74) is 0. The number of likely N-dealkylation sites (N-methyl/N-ethyl adjacent to an activating group) is 1. The maximum Gasteiger partial charge on any atom is 1.00 e. The van der Waals surface area contributed by atoms with E-state index >= 15 is 0 Å². The Kier molecular flexibility index (Phi) is 12.4. The number of aliphatic carboxylic acids is 1. The summed E-state index contributed by atoms with van der Waals surface area (Å²) in [5.74, 6) is -1.51. The number of unbranched alkanes of at least 4 members (excludes halogenated alkanes) is 1. The maximum absolute atomic E-state index is 12.8. The van der Waals surface area contributed by atoms with Gasteiger partial charge in [0.1, 0.15) is 0 Å². The van der Waals surface area contributed by atoms with Crippen LogP contribution in [0.1, 0.15) is 39.0 Å². The van der Waals surface area contributed by atoms with Crippen LogP contribution in [0.4, 0.5) is 4.39 Å². The van der Waals surface area contributed by atoms with Gasteiger partial charge in [-0.05, 0) is 19.3 Å². The molecule has 0 aliphatic carbocycles. The van der Waals surface area contributed by atoms with Gasteiger partial charge in [0, 0.05) is 13.5 Å². The van der Waals surface area contributed by atoms with Gasteiger partial charge in [0.15, 0.2) is 0 Å². The van der Waals surface area contributed by atoms with Crippen molar-refractivity contribution < 1.29 is 48.6 Å². The summed E-state index contributed by atoms with van der Waals surface area (Å²) in [6.07, 6.45) is 1.68. The van der Waals surface area contributed by atoms with Crippen LogP contribution in [-0.4, -0.2) is 36.5 Å². The number of carbonyl (C=O) groups is 2. The van der Waals surface area contributed by atoms with E-state index in [0.29, 0.717) is 25.7 Å². The predicted octanol–water partition coefficient (Wildman–Crippen LogP) is -2.49. The molecule has 0 heterocycles. The molecule has 0 rings (SSSR count). The summed E-state index contributed by atoms with van der Waals surface area (Å²) >= 11 is 0. The van der Waals surface area contributed by atoms with Gasteiger partial charge in [-0.25, -0.2) is 4.39 Å². The average Bonchev–Trinajstić information content (AvgIpc) is 2.22. The molecular formula is C11H19FNNaO3. The number of alkyl halides is 1. The zero-order valence-electron chi connectivity index (χ0n) is 10.9. The fraction of sp³-hybridized carbons (Fsp3) is 0.818. The van der Waals surface area contributed by atoms with E-state index in [1.807, 2.05) is 0 Å². The van der Waals surface area contributed by atoms with Crippen molar-refractivity contribution in [2.75, 3.05) is 13.6 Å². The van der Waals surface area contributed by atoms with E-state index in [0.717, 1.165) is 4.90 Å². The third-order valence-electron chi connectivity index (χ3n) is 2.39. The number of rotatable bonds is 8. The summed E-state index contributed by atoms with van der Waals surface area (Å²) < 4.78 is 12.8. The van der Waals surface area contributed by atoms with Gasteiger partial charge in [-0.3, -0.25) is 4.79 Å². The molecule has 94 valence electrons. The van der Waals surface area contributed by atoms with Crippen LogP contribution in [0.5, 0.6) is 0 Å². The number of hydrogen-bond acceptors (Lipinski definition) is 3. The molecular weight excluding hydrogens is 236 g/mol. The summed E-state index contributed by atoms with van der Waals surface area (Å²) in [5, 5.41) is 10.2. The summed E-state index contributed by atoms with van der Waals surface area (Å²) in [4.78, 5) is 22.7. The predicted molar refractivity (Wildman–Crippen MR) is 56.3 cm³/mol. The van der Waals surface area contributed by atoms with E-state index in [1.54, 1.807) is 6.92 Å². The Labute approximate surface area is 124 Å². The second-order valence-corrected chi connectivity index (χ2v) is 3.87. The SMILES string of the molecule is CCC(F)CCCCC(=O)N(C)CC(=O)[O-].[Na+]. The molecule has 6 heteroatoms. The van der Waals surface area contributed by atoms with Crippen molar-refractivity contribution in [3.05, 3.63) is 0 Å². The first-order chi connectivity index (χ1) is 7.47. The Morgan fingerprint density at radius 3 is 2.41 bits per heavy atom. The molecule has 0 aliphatic heterocycles. The number of amides is 1. The molecule has 0 aromatic heterocycles. The normalized spacial score (nSPS) is 11.5. The Morgan fingerprint density at radius 2 is 1.94 bits per heavy atom. The van der Waals surface area contributed by atoms with E-state index in [4.69, 9.17) is 0 Å². The number of hydrogen-bond donors (Lipinski definition) is 0. The van der Waals surface area contributed by atoms with Crippen LogP contribution in [-0.2, 0) is 9.59 Å².